The zero-order valence-corrected chi connectivity index (χ0v) is 22.3. The second kappa shape index (κ2) is 10.6. The van der Waals surface area contributed by atoms with Crippen LogP contribution in [0.3, 0.4) is 0 Å². The highest BCUT2D eigenvalue weighted by molar-refractivity contribution is 6.30. The van der Waals surface area contributed by atoms with Crippen LogP contribution in [0.2, 0.25) is 5.02 Å². The lowest BCUT2D eigenvalue weighted by atomic mass is 9.73. The van der Waals surface area contributed by atoms with Crippen molar-refractivity contribution >= 4 is 17.5 Å². The van der Waals surface area contributed by atoms with Gasteiger partial charge in [-0.3, -0.25) is 4.79 Å². The minimum absolute atomic E-state index is 0.0444. The molecule has 2 aromatic rings. The summed E-state index contributed by atoms with van der Waals surface area (Å²) in [6, 6.07) is 5.75. The number of rotatable bonds is 8. The largest absolute Gasteiger partial charge is 0.471 e. The molecule has 1 aromatic carbocycles. The number of aliphatic hydroxyl groups is 1. The molecule has 0 bridgehead atoms. The predicted octanol–water partition coefficient (Wildman–Crippen LogP) is 4.91. The van der Waals surface area contributed by atoms with Gasteiger partial charge in [0.25, 0.3) is 0 Å². The summed E-state index contributed by atoms with van der Waals surface area (Å²) >= 11 is 6.05. The van der Waals surface area contributed by atoms with Crippen molar-refractivity contribution in [1.29, 1.82) is 0 Å². The number of amides is 1. The molecule has 6 nitrogen and oxygen atoms in total. The molecule has 1 aliphatic heterocycles. The molecule has 196 valence electrons. The third-order valence-corrected chi connectivity index (χ3v) is 7.31. The summed E-state index contributed by atoms with van der Waals surface area (Å²) in [7, 11) is 0. The highest BCUT2D eigenvalue weighted by Gasteiger charge is 2.46. The molecule has 2 aliphatic rings. The number of nitrogens with zero attached hydrogens (tertiary/aromatic N) is 1. The van der Waals surface area contributed by atoms with Gasteiger partial charge in [-0.15, -0.1) is 0 Å². The predicted molar refractivity (Wildman–Crippen MR) is 139 cm³/mol. The number of pyridine rings is 1. The zero-order valence-electron chi connectivity index (χ0n) is 21.5. The van der Waals surface area contributed by atoms with Crippen LogP contribution in [0.1, 0.15) is 76.1 Å². The van der Waals surface area contributed by atoms with Crippen molar-refractivity contribution in [3.05, 3.63) is 58.0 Å². The minimum atomic E-state index is -0.943. The Bertz CT molecular complexity index is 1100. The van der Waals surface area contributed by atoms with Crippen LogP contribution in [-0.2, 0) is 17.6 Å². The van der Waals surface area contributed by atoms with Crippen LogP contribution in [-0.4, -0.2) is 40.3 Å². The smallest absolute Gasteiger partial charge is 0.218 e. The fraction of sp³-hybridized carbons (Fsp3) is 0.571. The SMILES string of the molecule is CC(=O)N[C@@H](Cc1cc(Cl)ccc1F)[C@@H](O)CN[C@H]1CC2(CCC2)Oc2ncc(CC(C)(C)C)cc21. The van der Waals surface area contributed by atoms with E-state index in [0.29, 0.717) is 16.5 Å². The molecule has 2 heterocycles. The third-order valence-electron chi connectivity index (χ3n) is 7.07. The van der Waals surface area contributed by atoms with Crippen LogP contribution in [0.4, 0.5) is 4.39 Å². The highest BCUT2D eigenvalue weighted by atomic mass is 35.5. The van der Waals surface area contributed by atoms with Crippen molar-refractivity contribution in [3.8, 4) is 5.88 Å². The molecule has 1 saturated carbocycles. The molecule has 0 unspecified atom stereocenters. The van der Waals surface area contributed by atoms with E-state index >= 15 is 0 Å². The molecular weight excluding hydrogens is 481 g/mol. The first kappa shape index (κ1) is 26.8. The number of benzene rings is 1. The van der Waals surface area contributed by atoms with Gasteiger partial charge < -0.3 is 20.5 Å². The standard InChI is InChI=1S/C28H37ClFN3O3/c1-17(34)33-23(12-19-11-20(29)6-7-22(19)30)25(35)16-31-24-14-28(8-5-9-28)36-26-21(24)10-18(15-32-26)13-27(2,3)4/h6-7,10-11,15,23-25,31,35H,5,8-9,12-14,16H2,1-4H3,(H,33,34)/t23-,24-,25-/m0/s1. The summed E-state index contributed by atoms with van der Waals surface area (Å²) < 4.78 is 20.7. The average Bonchev–Trinajstić information content (AvgIpc) is 2.76. The van der Waals surface area contributed by atoms with Gasteiger partial charge >= 0.3 is 0 Å². The number of aromatic nitrogens is 1. The molecule has 1 fully saturated rings. The monoisotopic (exact) mass is 517 g/mol. The summed E-state index contributed by atoms with van der Waals surface area (Å²) in [6.45, 7) is 8.20. The van der Waals surface area contributed by atoms with Gasteiger partial charge in [-0.05, 0) is 72.9 Å². The highest BCUT2D eigenvalue weighted by Crippen LogP contribution is 2.48. The number of carbonyl (C=O) groups is 1. The molecule has 4 rings (SSSR count). The molecule has 8 heteroatoms. The lowest BCUT2D eigenvalue weighted by Crippen LogP contribution is -2.52. The maximum absolute atomic E-state index is 14.4. The quantitative estimate of drug-likeness (QED) is 0.463. The number of halogens is 2. The van der Waals surface area contributed by atoms with E-state index in [0.717, 1.165) is 43.2 Å². The maximum atomic E-state index is 14.4. The van der Waals surface area contributed by atoms with Crippen molar-refractivity contribution in [2.45, 2.75) is 90.0 Å². The van der Waals surface area contributed by atoms with E-state index < -0.39 is 18.0 Å². The number of ether oxygens (including phenoxy) is 1. The Hall–Kier alpha value is -2.22. The number of fused-ring (bicyclic) bond motifs is 1. The van der Waals surface area contributed by atoms with Crippen LogP contribution in [0.5, 0.6) is 5.88 Å². The van der Waals surface area contributed by atoms with Crippen LogP contribution in [0.25, 0.3) is 0 Å². The van der Waals surface area contributed by atoms with E-state index in [-0.39, 0.29) is 35.9 Å². The molecule has 1 aliphatic carbocycles. The first-order chi connectivity index (χ1) is 16.9. The minimum Gasteiger partial charge on any atom is -0.471 e. The number of nitrogens with one attached hydrogen (secondary N) is 2. The van der Waals surface area contributed by atoms with Gasteiger partial charge in [-0.1, -0.05) is 32.4 Å². The van der Waals surface area contributed by atoms with Gasteiger partial charge in [0.2, 0.25) is 11.8 Å². The fourth-order valence-electron chi connectivity index (χ4n) is 5.23. The number of hydrogen-bond acceptors (Lipinski definition) is 5. The van der Waals surface area contributed by atoms with Crippen molar-refractivity contribution in [1.82, 2.24) is 15.6 Å². The first-order valence-corrected chi connectivity index (χ1v) is 13.1. The van der Waals surface area contributed by atoms with E-state index in [2.05, 4.69) is 42.5 Å². The second-order valence-corrected chi connectivity index (χ2v) is 12.0. The van der Waals surface area contributed by atoms with Crippen molar-refractivity contribution in [2.75, 3.05) is 6.54 Å². The molecular formula is C28H37ClFN3O3. The Morgan fingerprint density at radius 2 is 2.08 bits per heavy atom. The number of hydrogen-bond donors (Lipinski definition) is 3. The summed E-state index contributed by atoms with van der Waals surface area (Å²) in [6.07, 6.45) is 5.87. The Morgan fingerprint density at radius 1 is 1.33 bits per heavy atom. The molecule has 1 aromatic heterocycles. The van der Waals surface area contributed by atoms with Gasteiger partial charge in [-0.2, -0.15) is 0 Å². The summed E-state index contributed by atoms with van der Waals surface area (Å²) in [5, 5.41) is 17.8. The van der Waals surface area contributed by atoms with Crippen molar-refractivity contribution in [2.24, 2.45) is 5.41 Å². The van der Waals surface area contributed by atoms with Crippen LogP contribution in [0.15, 0.2) is 30.5 Å². The van der Waals surface area contributed by atoms with Gasteiger partial charge in [0.05, 0.1) is 12.1 Å². The summed E-state index contributed by atoms with van der Waals surface area (Å²) in [5.41, 5.74) is 2.41. The topological polar surface area (TPSA) is 83.5 Å². The van der Waals surface area contributed by atoms with Crippen molar-refractivity contribution in [3.63, 3.8) is 0 Å². The van der Waals surface area contributed by atoms with Gasteiger partial charge in [-0.25, -0.2) is 9.37 Å². The van der Waals surface area contributed by atoms with Crippen LogP contribution >= 0.6 is 11.6 Å². The van der Waals surface area contributed by atoms with Gasteiger partial charge in [0, 0.05) is 42.7 Å². The van der Waals surface area contributed by atoms with Gasteiger partial charge in [0.1, 0.15) is 11.4 Å². The Labute approximate surface area is 218 Å². The summed E-state index contributed by atoms with van der Waals surface area (Å²) in [5.74, 6) is -0.0509. The summed E-state index contributed by atoms with van der Waals surface area (Å²) in [4.78, 5) is 16.5. The third kappa shape index (κ3) is 6.55. The first-order valence-electron chi connectivity index (χ1n) is 12.7. The molecule has 3 atom stereocenters. The van der Waals surface area contributed by atoms with E-state index in [4.69, 9.17) is 16.3 Å². The van der Waals surface area contributed by atoms with E-state index in [1.165, 1.54) is 25.1 Å². The normalized spacial score (nSPS) is 20.1. The second-order valence-electron chi connectivity index (χ2n) is 11.6. The Morgan fingerprint density at radius 3 is 2.72 bits per heavy atom. The molecule has 1 amide bonds. The maximum Gasteiger partial charge on any atom is 0.218 e. The van der Waals surface area contributed by atoms with Gasteiger partial charge in [0.15, 0.2) is 0 Å². The molecule has 0 radical (unpaired) electrons. The van der Waals surface area contributed by atoms with E-state index in [1.54, 1.807) is 0 Å². The van der Waals surface area contributed by atoms with Crippen molar-refractivity contribution < 1.29 is 19.0 Å². The lowest BCUT2D eigenvalue weighted by molar-refractivity contribution is -0.120. The molecule has 0 saturated heterocycles. The zero-order chi connectivity index (χ0) is 26.1. The van der Waals surface area contributed by atoms with E-state index in [9.17, 15) is 14.3 Å². The lowest BCUT2D eigenvalue weighted by Gasteiger charge is -2.47. The molecule has 36 heavy (non-hydrogen) atoms. The Balaban J connectivity index is 1.52. The molecule has 3 N–H and O–H groups in total. The average molecular weight is 518 g/mol. The number of carbonyl (C=O) groups excluding carboxylic acids is 1. The molecule has 1 spiro atoms. The number of aliphatic hydroxyl groups excluding tert-OH is 1. The fourth-order valence-corrected chi connectivity index (χ4v) is 5.43. The van der Waals surface area contributed by atoms with E-state index in [1.807, 2.05) is 6.20 Å². The van der Waals surface area contributed by atoms with Crippen LogP contribution in [0, 0.1) is 11.2 Å². The van der Waals surface area contributed by atoms with Crippen LogP contribution < -0.4 is 15.4 Å². The Kier molecular flexibility index (Phi) is 7.93.